The standard InChI is InChI=1S/C28H23N7OS/c36-28(16-4-1-2-5-16)32-18-10-17(13-29-14-18)22-11-20-24(15-31-22)34-35-26(20)23-12-19-21(33-23)7-8-30-27(19)25-6-3-9-37-25/h3,6-16,33H,1-2,4-5H2,(H,32,36)(H,34,35). The molecule has 0 aliphatic heterocycles. The molecule has 0 saturated heterocycles. The van der Waals surface area contributed by atoms with Crippen molar-refractivity contribution in [3.63, 3.8) is 0 Å². The Kier molecular flexibility index (Phi) is 5.28. The first-order valence-corrected chi connectivity index (χ1v) is 13.2. The molecule has 9 heteroatoms. The Bertz CT molecular complexity index is 1750. The van der Waals surface area contributed by atoms with E-state index in [2.05, 4.69) is 53.0 Å². The third-order valence-electron chi connectivity index (χ3n) is 7.03. The van der Waals surface area contributed by atoms with Crippen LogP contribution in [0.5, 0.6) is 0 Å². The van der Waals surface area contributed by atoms with Gasteiger partial charge in [0.15, 0.2) is 0 Å². The van der Waals surface area contributed by atoms with E-state index < -0.39 is 0 Å². The number of aromatic nitrogens is 6. The van der Waals surface area contributed by atoms with Gasteiger partial charge in [0.2, 0.25) is 5.91 Å². The minimum absolute atomic E-state index is 0.0761. The maximum Gasteiger partial charge on any atom is 0.227 e. The first kappa shape index (κ1) is 21.9. The van der Waals surface area contributed by atoms with Gasteiger partial charge in [0, 0.05) is 40.2 Å². The topological polar surface area (TPSA) is 112 Å². The summed E-state index contributed by atoms with van der Waals surface area (Å²) in [6.45, 7) is 0. The highest BCUT2D eigenvalue weighted by atomic mass is 32.1. The van der Waals surface area contributed by atoms with Crippen LogP contribution in [-0.2, 0) is 4.79 Å². The number of thiophene rings is 1. The lowest BCUT2D eigenvalue weighted by molar-refractivity contribution is -0.119. The molecule has 0 unspecified atom stereocenters. The molecule has 0 radical (unpaired) electrons. The molecular weight excluding hydrogens is 482 g/mol. The minimum atomic E-state index is 0.0761. The van der Waals surface area contributed by atoms with Crippen LogP contribution in [0.3, 0.4) is 0 Å². The van der Waals surface area contributed by atoms with E-state index >= 15 is 0 Å². The van der Waals surface area contributed by atoms with Gasteiger partial charge in [-0.15, -0.1) is 11.3 Å². The first-order chi connectivity index (χ1) is 18.2. The number of hydrogen-bond acceptors (Lipinski definition) is 6. The number of carbonyl (C=O) groups is 1. The van der Waals surface area contributed by atoms with Gasteiger partial charge in [-0.05, 0) is 48.6 Å². The van der Waals surface area contributed by atoms with Crippen molar-refractivity contribution in [2.45, 2.75) is 25.7 Å². The quantitative estimate of drug-likeness (QED) is 0.250. The summed E-state index contributed by atoms with van der Waals surface area (Å²) in [6, 6.07) is 12.1. The van der Waals surface area contributed by atoms with Crippen LogP contribution in [0.25, 0.3) is 55.0 Å². The molecule has 0 bridgehead atoms. The molecule has 1 aliphatic rings. The summed E-state index contributed by atoms with van der Waals surface area (Å²) in [4.78, 5) is 30.9. The van der Waals surface area contributed by atoms with Crippen molar-refractivity contribution in [3.05, 3.63) is 66.6 Å². The van der Waals surface area contributed by atoms with Crippen molar-refractivity contribution >= 4 is 44.7 Å². The smallest absolute Gasteiger partial charge is 0.227 e. The third-order valence-corrected chi connectivity index (χ3v) is 7.91. The van der Waals surface area contributed by atoms with Gasteiger partial charge in [-0.1, -0.05) is 18.9 Å². The monoisotopic (exact) mass is 505 g/mol. The summed E-state index contributed by atoms with van der Waals surface area (Å²) in [5, 5.41) is 14.8. The van der Waals surface area contributed by atoms with E-state index in [1.807, 2.05) is 30.5 Å². The second-order valence-electron chi connectivity index (χ2n) is 9.40. The van der Waals surface area contributed by atoms with E-state index in [4.69, 9.17) is 0 Å². The van der Waals surface area contributed by atoms with Crippen molar-refractivity contribution in [2.24, 2.45) is 5.92 Å². The molecule has 6 heterocycles. The fourth-order valence-electron chi connectivity index (χ4n) is 5.15. The van der Waals surface area contributed by atoms with Crippen LogP contribution >= 0.6 is 11.3 Å². The van der Waals surface area contributed by atoms with Crippen LogP contribution in [0.4, 0.5) is 5.69 Å². The van der Waals surface area contributed by atoms with E-state index in [9.17, 15) is 4.79 Å². The predicted octanol–water partition coefficient (Wildman–Crippen LogP) is 6.42. The van der Waals surface area contributed by atoms with Crippen LogP contribution in [0, 0.1) is 5.92 Å². The van der Waals surface area contributed by atoms with Crippen molar-refractivity contribution in [1.29, 1.82) is 0 Å². The number of amides is 1. The second kappa shape index (κ2) is 8.94. The summed E-state index contributed by atoms with van der Waals surface area (Å²) < 4.78 is 0. The zero-order valence-electron chi connectivity index (χ0n) is 19.9. The molecule has 6 aromatic rings. The lowest BCUT2D eigenvalue weighted by Gasteiger charge is -2.11. The number of rotatable bonds is 5. The fourth-order valence-corrected chi connectivity index (χ4v) is 5.89. The van der Waals surface area contributed by atoms with Crippen molar-refractivity contribution in [2.75, 3.05) is 5.32 Å². The Balaban J connectivity index is 1.25. The Labute approximate surface area is 216 Å². The number of anilines is 1. The average Bonchev–Trinajstić information content (AvgIpc) is 3.74. The molecule has 1 saturated carbocycles. The zero-order chi connectivity index (χ0) is 24.8. The number of fused-ring (bicyclic) bond motifs is 2. The van der Waals surface area contributed by atoms with Crippen molar-refractivity contribution in [1.82, 2.24) is 30.1 Å². The number of pyridine rings is 3. The van der Waals surface area contributed by atoms with Gasteiger partial charge in [-0.25, -0.2) is 0 Å². The fraction of sp³-hybridized carbons (Fsp3) is 0.179. The molecule has 1 fully saturated rings. The molecule has 0 atom stereocenters. The molecule has 182 valence electrons. The molecule has 8 nitrogen and oxygen atoms in total. The molecule has 1 aliphatic carbocycles. The van der Waals surface area contributed by atoms with Crippen LogP contribution < -0.4 is 5.32 Å². The molecule has 37 heavy (non-hydrogen) atoms. The van der Waals surface area contributed by atoms with E-state index in [0.717, 1.165) is 80.7 Å². The van der Waals surface area contributed by atoms with E-state index in [-0.39, 0.29) is 11.8 Å². The molecule has 0 aromatic carbocycles. The van der Waals surface area contributed by atoms with Gasteiger partial charge in [0.1, 0.15) is 5.69 Å². The highest BCUT2D eigenvalue weighted by Crippen LogP contribution is 2.35. The molecule has 0 spiro atoms. The van der Waals surface area contributed by atoms with E-state index in [1.54, 1.807) is 29.9 Å². The van der Waals surface area contributed by atoms with Gasteiger partial charge in [-0.3, -0.25) is 24.8 Å². The SMILES string of the molecule is O=C(Nc1cncc(-c2cc3c(-c4cc5c(-c6cccs6)nccc5[nH]4)n[nH]c3cn2)c1)C1CCCC1. The van der Waals surface area contributed by atoms with Crippen LogP contribution in [0.1, 0.15) is 25.7 Å². The average molecular weight is 506 g/mol. The molecule has 6 aromatic heterocycles. The zero-order valence-corrected chi connectivity index (χ0v) is 20.7. The highest BCUT2D eigenvalue weighted by Gasteiger charge is 2.23. The third kappa shape index (κ3) is 3.97. The number of nitrogens with one attached hydrogen (secondary N) is 3. The first-order valence-electron chi connectivity index (χ1n) is 12.4. The lowest BCUT2D eigenvalue weighted by Crippen LogP contribution is -2.20. The molecule has 1 amide bonds. The van der Waals surface area contributed by atoms with Crippen molar-refractivity contribution < 1.29 is 4.79 Å². The Morgan fingerprint density at radius 2 is 1.86 bits per heavy atom. The lowest BCUT2D eigenvalue weighted by atomic mass is 10.1. The summed E-state index contributed by atoms with van der Waals surface area (Å²) in [5.41, 5.74) is 6.80. The molecule has 7 rings (SSSR count). The van der Waals surface area contributed by atoms with Gasteiger partial charge < -0.3 is 10.3 Å². The maximum atomic E-state index is 12.6. The number of H-pyrrole nitrogens is 2. The number of aromatic amines is 2. The minimum Gasteiger partial charge on any atom is -0.353 e. The predicted molar refractivity (Wildman–Crippen MR) is 146 cm³/mol. The van der Waals surface area contributed by atoms with Gasteiger partial charge in [-0.2, -0.15) is 5.10 Å². The molecule has 3 N–H and O–H groups in total. The maximum absolute atomic E-state index is 12.6. The van der Waals surface area contributed by atoms with E-state index in [0.29, 0.717) is 5.69 Å². The highest BCUT2D eigenvalue weighted by molar-refractivity contribution is 7.13. The van der Waals surface area contributed by atoms with Crippen LogP contribution in [0.2, 0.25) is 0 Å². The number of nitrogens with zero attached hydrogens (tertiary/aromatic N) is 4. The molecular formula is C28H23N7OS. The Morgan fingerprint density at radius 3 is 2.73 bits per heavy atom. The number of carbonyl (C=O) groups excluding carboxylic acids is 1. The number of hydrogen-bond donors (Lipinski definition) is 3. The summed E-state index contributed by atoms with van der Waals surface area (Å²) in [5.74, 6) is 0.172. The van der Waals surface area contributed by atoms with Crippen LogP contribution in [0.15, 0.2) is 66.6 Å². The largest absolute Gasteiger partial charge is 0.353 e. The van der Waals surface area contributed by atoms with Gasteiger partial charge >= 0.3 is 0 Å². The Hall–Kier alpha value is -4.37. The Morgan fingerprint density at radius 1 is 0.973 bits per heavy atom. The van der Waals surface area contributed by atoms with E-state index in [1.165, 1.54) is 0 Å². The second-order valence-corrected chi connectivity index (χ2v) is 10.3. The summed E-state index contributed by atoms with van der Waals surface area (Å²) in [6.07, 6.45) is 11.2. The summed E-state index contributed by atoms with van der Waals surface area (Å²) in [7, 11) is 0. The van der Waals surface area contributed by atoms with Crippen LogP contribution in [-0.4, -0.2) is 36.0 Å². The summed E-state index contributed by atoms with van der Waals surface area (Å²) >= 11 is 1.67. The van der Waals surface area contributed by atoms with Crippen molar-refractivity contribution in [3.8, 4) is 33.2 Å². The van der Waals surface area contributed by atoms with Gasteiger partial charge in [0.05, 0.1) is 45.6 Å². The van der Waals surface area contributed by atoms with Gasteiger partial charge in [0.25, 0.3) is 0 Å². The normalized spacial score (nSPS) is 14.1.